The maximum Gasteiger partial charge on any atom is 0.474 e. The molecule has 1 N–H and O–H groups in total. The van der Waals surface area contributed by atoms with Gasteiger partial charge in [0.1, 0.15) is 5.75 Å². The van der Waals surface area contributed by atoms with Gasteiger partial charge < -0.3 is 4.74 Å². The molecule has 0 aromatic heterocycles. The molecule has 2 rings (SSSR count). The summed E-state index contributed by atoms with van der Waals surface area (Å²) in [6.07, 6.45) is -4.74. The van der Waals surface area contributed by atoms with E-state index in [2.05, 4.69) is 4.74 Å². The van der Waals surface area contributed by atoms with E-state index in [-0.39, 0.29) is 5.56 Å². The van der Waals surface area contributed by atoms with Gasteiger partial charge in [-0.15, -0.1) is 0 Å². The number of halogens is 4. The minimum Gasteiger partial charge on any atom is -0.415 e. The van der Waals surface area contributed by atoms with Gasteiger partial charge in [0.25, 0.3) is 5.91 Å². The van der Waals surface area contributed by atoms with E-state index in [1.165, 1.54) is 29.0 Å². The lowest BCUT2D eigenvalue weighted by Crippen LogP contribution is -2.45. The van der Waals surface area contributed by atoms with Gasteiger partial charge in [-0.25, -0.2) is 4.72 Å². The number of carbonyl (C=O) groups is 1. The van der Waals surface area contributed by atoms with Crippen molar-refractivity contribution < 1.29 is 36.0 Å². The quantitative estimate of drug-likeness (QED) is 0.421. The van der Waals surface area contributed by atoms with Crippen LogP contribution in [0.5, 0.6) is 5.75 Å². The maximum absolute atomic E-state index is 12.6. The zero-order valence-corrected chi connectivity index (χ0v) is 15.1. The van der Waals surface area contributed by atoms with Crippen molar-refractivity contribution in [1.29, 1.82) is 0 Å². The van der Waals surface area contributed by atoms with Crippen LogP contribution in [0.3, 0.4) is 0 Å². The first-order valence-electron chi connectivity index (χ1n) is 7.20. The Morgan fingerprint density at radius 1 is 1.18 bits per heavy atom. The highest BCUT2D eigenvalue weighted by Crippen LogP contribution is 2.35. The fraction of sp³-hybridized carbons (Fsp3) is 0.133. The molecule has 2 aromatic carbocycles. The van der Waals surface area contributed by atoms with Crippen LogP contribution in [0.25, 0.3) is 0 Å². The normalized spacial score (nSPS) is 12.9. The summed E-state index contributed by atoms with van der Waals surface area (Å²) >= 11 is 5.61. The molecule has 2 aromatic rings. The number of nitrogens with zero attached hydrogens (tertiary/aromatic N) is 1. The lowest BCUT2D eigenvalue weighted by Gasteiger charge is -2.15. The monoisotopic (exact) mass is 438 g/mol. The molecule has 0 aliphatic heterocycles. The molecule has 8 nitrogen and oxygen atoms in total. The van der Waals surface area contributed by atoms with Crippen molar-refractivity contribution in [3.8, 4) is 5.75 Å². The largest absolute Gasteiger partial charge is 0.474 e. The Balaban J connectivity index is 2.28. The number of nitrogens with one attached hydrogen (secondary N) is 1. The molecule has 0 bridgehead atoms. The van der Waals surface area contributed by atoms with Crippen molar-refractivity contribution in [1.82, 2.24) is 4.72 Å². The molecular formula is C15H10ClF3N2O6S. The van der Waals surface area contributed by atoms with E-state index in [1.54, 1.807) is 6.07 Å². The van der Waals surface area contributed by atoms with E-state index in [0.717, 1.165) is 0 Å². The standard InChI is InChI=1S/C15H10ClF3N2O6S/c16-11-8-10(15(17,18)19)6-7-12(11)27-14(21(23)24)28(25,26)20-13(22)9-4-2-1-3-5-9/h1-8,14H,(H,20,22). The average molecular weight is 439 g/mol. The van der Waals surface area contributed by atoms with E-state index >= 15 is 0 Å². The zero-order chi connectivity index (χ0) is 21.1. The fourth-order valence-corrected chi connectivity index (χ4v) is 3.09. The molecule has 0 saturated heterocycles. The second-order valence-electron chi connectivity index (χ2n) is 5.20. The molecule has 28 heavy (non-hydrogen) atoms. The van der Waals surface area contributed by atoms with E-state index in [4.69, 9.17) is 11.6 Å². The predicted octanol–water partition coefficient (Wildman–Crippen LogP) is 3.06. The number of amides is 1. The van der Waals surface area contributed by atoms with Crippen molar-refractivity contribution in [2.24, 2.45) is 0 Å². The zero-order valence-electron chi connectivity index (χ0n) is 13.5. The Morgan fingerprint density at radius 3 is 2.29 bits per heavy atom. The number of hydrogen-bond donors (Lipinski definition) is 1. The van der Waals surface area contributed by atoms with Crippen molar-refractivity contribution in [2.45, 2.75) is 11.7 Å². The number of hydrogen-bond acceptors (Lipinski definition) is 6. The average Bonchev–Trinajstić information content (AvgIpc) is 2.59. The summed E-state index contributed by atoms with van der Waals surface area (Å²) < 4.78 is 68.4. The third kappa shape index (κ3) is 5.10. The highest BCUT2D eigenvalue weighted by Gasteiger charge is 2.41. The second kappa shape index (κ2) is 8.02. The summed E-state index contributed by atoms with van der Waals surface area (Å²) in [6.45, 7) is 0. The van der Waals surface area contributed by atoms with Crippen LogP contribution in [-0.2, 0) is 16.2 Å². The highest BCUT2D eigenvalue weighted by atomic mass is 35.5. The number of nitro groups is 1. The molecule has 150 valence electrons. The molecule has 0 radical (unpaired) electrons. The molecule has 0 aliphatic carbocycles. The Kier molecular flexibility index (Phi) is 6.14. The van der Waals surface area contributed by atoms with E-state index in [1.807, 2.05) is 0 Å². The first kappa shape index (κ1) is 21.4. The maximum atomic E-state index is 12.6. The van der Waals surface area contributed by atoms with Crippen molar-refractivity contribution in [3.63, 3.8) is 0 Å². The fourth-order valence-electron chi connectivity index (χ4n) is 1.93. The molecular weight excluding hydrogens is 429 g/mol. The molecule has 0 fully saturated rings. The smallest absolute Gasteiger partial charge is 0.415 e. The molecule has 0 aliphatic rings. The van der Waals surface area contributed by atoms with E-state index in [9.17, 15) is 36.5 Å². The van der Waals surface area contributed by atoms with Crippen LogP contribution in [0.4, 0.5) is 13.2 Å². The summed E-state index contributed by atoms with van der Waals surface area (Å²) in [5.41, 5.74) is -4.10. The molecule has 0 spiro atoms. The summed E-state index contributed by atoms with van der Waals surface area (Å²) in [4.78, 5) is 21.7. The molecule has 13 heteroatoms. The van der Waals surface area contributed by atoms with Gasteiger partial charge in [-0.3, -0.25) is 14.9 Å². The van der Waals surface area contributed by atoms with Crippen LogP contribution in [0.15, 0.2) is 48.5 Å². The van der Waals surface area contributed by atoms with Gasteiger partial charge >= 0.3 is 21.8 Å². The number of carbonyl (C=O) groups excluding carboxylic acids is 1. The number of sulfonamides is 1. The van der Waals surface area contributed by atoms with Crippen LogP contribution in [-0.4, -0.2) is 24.8 Å². The predicted molar refractivity (Wildman–Crippen MR) is 90.7 cm³/mol. The topological polar surface area (TPSA) is 116 Å². The Morgan fingerprint density at radius 2 is 1.79 bits per heavy atom. The summed E-state index contributed by atoms with van der Waals surface area (Å²) in [6, 6.07) is 8.52. The number of rotatable bonds is 6. The van der Waals surface area contributed by atoms with Crippen LogP contribution in [0, 0.1) is 10.1 Å². The molecule has 1 atom stereocenters. The van der Waals surface area contributed by atoms with Crippen molar-refractivity contribution in [3.05, 3.63) is 74.8 Å². The van der Waals surface area contributed by atoms with E-state index in [0.29, 0.717) is 18.2 Å². The van der Waals surface area contributed by atoms with Gasteiger partial charge in [0.05, 0.1) is 15.5 Å². The summed E-state index contributed by atoms with van der Waals surface area (Å²) in [5.74, 6) is -1.84. The highest BCUT2D eigenvalue weighted by molar-refractivity contribution is 7.90. The van der Waals surface area contributed by atoms with E-state index < -0.39 is 48.9 Å². The molecule has 1 amide bonds. The van der Waals surface area contributed by atoms with Gasteiger partial charge in [0.15, 0.2) is 0 Å². The van der Waals surface area contributed by atoms with Crippen molar-refractivity contribution in [2.75, 3.05) is 0 Å². The Hall–Kier alpha value is -2.86. The van der Waals surface area contributed by atoms with Gasteiger partial charge in [-0.2, -0.15) is 21.6 Å². The van der Waals surface area contributed by atoms with Crippen molar-refractivity contribution >= 4 is 27.5 Å². The number of ether oxygens (including phenoxy) is 1. The van der Waals surface area contributed by atoms with Crippen LogP contribution < -0.4 is 9.46 Å². The lowest BCUT2D eigenvalue weighted by atomic mass is 10.2. The van der Waals surface area contributed by atoms with Crippen LogP contribution >= 0.6 is 11.6 Å². The number of alkyl halides is 3. The van der Waals surface area contributed by atoms with Crippen LogP contribution in [0.2, 0.25) is 5.02 Å². The minimum atomic E-state index is -5.02. The summed E-state index contributed by atoms with van der Waals surface area (Å²) in [7, 11) is -5.02. The van der Waals surface area contributed by atoms with Gasteiger partial charge in [-0.1, -0.05) is 29.8 Å². The van der Waals surface area contributed by atoms with Gasteiger partial charge in [-0.05, 0) is 30.3 Å². The third-order valence-electron chi connectivity index (χ3n) is 3.20. The molecule has 0 saturated carbocycles. The third-order valence-corrected chi connectivity index (χ3v) is 4.76. The summed E-state index contributed by atoms with van der Waals surface area (Å²) in [5, 5.41) is 10.4. The Labute approximate surface area is 161 Å². The van der Waals surface area contributed by atoms with Crippen LogP contribution in [0.1, 0.15) is 15.9 Å². The first-order chi connectivity index (χ1) is 12.9. The molecule has 0 heterocycles. The lowest BCUT2D eigenvalue weighted by molar-refractivity contribution is -0.534. The molecule has 1 unspecified atom stereocenters. The SMILES string of the molecule is O=C(NS(=O)(=O)C(Oc1ccc(C(F)(F)F)cc1Cl)[N+](=O)[O-])c1ccccc1. The first-order valence-corrected chi connectivity index (χ1v) is 9.12. The van der Waals surface area contributed by atoms with Gasteiger partial charge in [0.2, 0.25) is 0 Å². The number of benzene rings is 2. The second-order valence-corrected chi connectivity index (χ2v) is 7.30. The Bertz CT molecular complexity index is 999. The van der Waals surface area contributed by atoms with Gasteiger partial charge in [0, 0.05) is 5.56 Å². The minimum absolute atomic E-state index is 0.0965.